The third-order valence-corrected chi connectivity index (χ3v) is 3.83. The average molecular weight is 291 g/mol. The lowest BCUT2D eigenvalue weighted by molar-refractivity contribution is -0.125. The fraction of sp³-hybridized carbons (Fsp3) is 0.154. The summed E-state index contributed by atoms with van der Waals surface area (Å²) in [4.78, 5) is 35.1. The summed E-state index contributed by atoms with van der Waals surface area (Å²) < 4.78 is 5.15. The number of carbonyl (C=O) groups is 3. The molecule has 1 saturated heterocycles. The van der Waals surface area contributed by atoms with Crippen LogP contribution >= 0.6 is 11.8 Å². The van der Waals surface area contributed by atoms with Gasteiger partial charge in [0, 0.05) is 5.39 Å². The lowest BCUT2D eigenvalue weighted by Crippen LogP contribution is -2.27. The van der Waals surface area contributed by atoms with Gasteiger partial charge in [0.2, 0.25) is 11.7 Å². The van der Waals surface area contributed by atoms with E-state index in [1.807, 2.05) is 0 Å². The Hall–Kier alpha value is -2.28. The van der Waals surface area contributed by atoms with Crippen molar-refractivity contribution in [2.45, 2.75) is 6.54 Å². The zero-order valence-corrected chi connectivity index (χ0v) is 11.0. The van der Waals surface area contributed by atoms with Gasteiger partial charge in [-0.3, -0.25) is 14.5 Å². The number of thioether (sulfide) groups is 1. The first-order chi connectivity index (χ1) is 9.54. The molecule has 0 bridgehead atoms. The summed E-state index contributed by atoms with van der Waals surface area (Å²) in [6.07, 6.45) is 0. The highest BCUT2D eigenvalue weighted by atomic mass is 32.2. The van der Waals surface area contributed by atoms with E-state index in [2.05, 4.69) is 0 Å². The summed E-state index contributed by atoms with van der Waals surface area (Å²) >= 11 is 0.986. The average Bonchev–Trinajstić information content (AvgIpc) is 2.96. The van der Waals surface area contributed by atoms with Crippen LogP contribution in [0, 0.1) is 0 Å². The van der Waals surface area contributed by atoms with Crippen LogP contribution in [0.1, 0.15) is 16.1 Å². The van der Waals surface area contributed by atoms with E-state index >= 15 is 0 Å². The van der Waals surface area contributed by atoms with Crippen LogP contribution in [0.5, 0.6) is 0 Å². The Morgan fingerprint density at radius 1 is 1.35 bits per heavy atom. The number of benzene rings is 1. The molecule has 0 spiro atoms. The van der Waals surface area contributed by atoms with E-state index in [0.717, 1.165) is 17.3 Å². The number of aromatic carboxylic acids is 1. The molecular formula is C13H9NO5S. The van der Waals surface area contributed by atoms with Crippen molar-refractivity contribution >= 4 is 39.8 Å². The molecule has 0 atom stereocenters. The van der Waals surface area contributed by atoms with Crippen molar-refractivity contribution in [2.24, 2.45) is 0 Å². The molecule has 1 aliphatic heterocycles. The van der Waals surface area contributed by atoms with Gasteiger partial charge in [-0.05, 0) is 23.8 Å². The predicted molar refractivity (Wildman–Crippen MR) is 71.6 cm³/mol. The summed E-state index contributed by atoms with van der Waals surface area (Å²) in [5.41, 5.74) is 1.21. The van der Waals surface area contributed by atoms with Gasteiger partial charge in [0.1, 0.15) is 5.58 Å². The largest absolute Gasteiger partial charge is 0.475 e. The quantitative estimate of drug-likeness (QED) is 0.933. The van der Waals surface area contributed by atoms with Crippen LogP contribution in [0.3, 0.4) is 0 Å². The van der Waals surface area contributed by atoms with Crippen molar-refractivity contribution < 1.29 is 23.9 Å². The lowest BCUT2D eigenvalue weighted by atomic mass is 10.1. The van der Waals surface area contributed by atoms with Crippen LogP contribution in [0.15, 0.2) is 28.7 Å². The van der Waals surface area contributed by atoms with Crippen LogP contribution in [0.2, 0.25) is 0 Å². The maximum atomic E-state index is 11.5. The third kappa shape index (κ3) is 2.16. The molecule has 3 rings (SSSR count). The van der Waals surface area contributed by atoms with Crippen LogP contribution in [0.25, 0.3) is 11.0 Å². The van der Waals surface area contributed by atoms with E-state index in [9.17, 15) is 14.4 Å². The number of hydrogen-bond donors (Lipinski definition) is 1. The third-order valence-electron chi connectivity index (χ3n) is 2.97. The van der Waals surface area contributed by atoms with Crippen molar-refractivity contribution in [1.82, 2.24) is 4.90 Å². The number of nitrogens with zero attached hydrogens (tertiary/aromatic N) is 1. The first-order valence-corrected chi connectivity index (χ1v) is 6.76. The SMILES string of the molecule is O=C(O)c1cc2cc(CN3C(=O)CSC3=O)ccc2o1. The maximum absolute atomic E-state index is 11.5. The van der Waals surface area contributed by atoms with Crippen LogP contribution in [0.4, 0.5) is 4.79 Å². The fourth-order valence-corrected chi connectivity index (χ4v) is 2.74. The maximum Gasteiger partial charge on any atom is 0.371 e. The predicted octanol–water partition coefficient (Wildman–Crippen LogP) is 2.33. The van der Waals surface area contributed by atoms with Gasteiger partial charge in [0.05, 0.1) is 12.3 Å². The molecule has 0 aliphatic carbocycles. The molecule has 1 N–H and O–H groups in total. The summed E-state index contributed by atoms with van der Waals surface area (Å²) in [5, 5.41) is 9.24. The molecule has 0 radical (unpaired) electrons. The van der Waals surface area contributed by atoms with E-state index < -0.39 is 5.97 Å². The molecular weight excluding hydrogens is 282 g/mol. The van der Waals surface area contributed by atoms with Gasteiger partial charge < -0.3 is 9.52 Å². The summed E-state index contributed by atoms with van der Waals surface area (Å²) in [7, 11) is 0. The van der Waals surface area contributed by atoms with Crippen molar-refractivity contribution in [1.29, 1.82) is 0 Å². The molecule has 2 amide bonds. The molecule has 1 aromatic carbocycles. The molecule has 1 aliphatic rings. The van der Waals surface area contributed by atoms with Crippen LogP contribution in [-0.2, 0) is 11.3 Å². The Balaban J connectivity index is 1.91. The summed E-state index contributed by atoms with van der Waals surface area (Å²) in [5.74, 6) is -1.31. The monoisotopic (exact) mass is 291 g/mol. The van der Waals surface area contributed by atoms with Gasteiger partial charge >= 0.3 is 5.97 Å². The van der Waals surface area contributed by atoms with Gasteiger partial charge in [-0.1, -0.05) is 17.8 Å². The number of fused-ring (bicyclic) bond motifs is 1. The van der Waals surface area contributed by atoms with Crippen molar-refractivity contribution in [3.8, 4) is 0 Å². The van der Waals surface area contributed by atoms with E-state index in [1.54, 1.807) is 18.2 Å². The highest BCUT2D eigenvalue weighted by Gasteiger charge is 2.29. The second-order valence-corrected chi connectivity index (χ2v) is 5.25. The molecule has 2 heterocycles. The van der Waals surface area contributed by atoms with Crippen LogP contribution in [-0.4, -0.2) is 32.9 Å². The van der Waals surface area contributed by atoms with Crippen molar-refractivity contribution in [2.75, 3.05) is 5.75 Å². The molecule has 0 saturated carbocycles. The Bertz CT molecular complexity index is 719. The van der Waals surface area contributed by atoms with E-state index in [4.69, 9.17) is 9.52 Å². The fourth-order valence-electron chi connectivity index (χ4n) is 2.01. The summed E-state index contributed by atoms with van der Waals surface area (Å²) in [6.45, 7) is 0.189. The van der Waals surface area contributed by atoms with E-state index in [0.29, 0.717) is 11.0 Å². The number of furan rings is 1. The van der Waals surface area contributed by atoms with Gasteiger partial charge in [-0.25, -0.2) is 4.79 Å². The molecule has 7 heteroatoms. The topological polar surface area (TPSA) is 87.8 Å². The van der Waals surface area contributed by atoms with Crippen molar-refractivity contribution in [3.63, 3.8) is 0 Å². The smallest absolute Gasteiger partial charge is 0.371 e. The second-order valence-electron chi connectivity index (χ2n) is 4.32. The minimum absolute atomic E-state index is 0.138. The Morgan fingerprint density at radius 3 is 2.80 bits per heavy atom. The number of carbonyl (C=O) groups excluding carboxylic acids is 2. The van der Waals surface area contributed by atoms with Gasteiger partial charge in [0.25, 0.3) is 5.24 Å². The van der Waals surface area contributed by atoms with Crippen molar-refractivity contribution in [3.05, 3.63) is 35.6 Å². The minimum atomic E-state index is -1.14. The number of amides is 2. The van der Waals surface area contributed by atoms with Crippen LogP contribution < -0.4 is 0 Å². The highest BCUT2D eigenvalue weighted by Crippen LogP contribution is 2.24. The molecule has 102 valence electrons. The van der Waals surface area contributed by atoms with E-state index in [-0.39, 0.29) is 29.2 Å². The zero-order chi connectivity index (χ0) is 14.3. The molecule has 20 heavy (non-hydrogen) atoms. The Morgan fingerprint density at radius 2 is 2.15 bits per heavy atom. The van der Waals surface area contributed by atoms with Gasteiger partial charge in [-0.2, -0.15) is 0 Å². The van der Waals surface area contributed by atoms with Gasteiger partial charge in [-0.15, -0.1) is 0 Å². The molecule has 1 fully saturated rings. The zero-order valence-electron chi connectivity index (χ0n) is 10.2. The number of rotatable bonds is 3. The first kappa shape index (κ1) is 12.7. The highest BCUT2D eigenvalue weighted by molar-refractivity contribution is 8.14. The first-order valence-electron chi connectivity index (χ1n) is 5.77. The normalized spacial score (nSPS) is 15.3. The number of hydrogen-bond acceptors (Lipinski definition) is 5. The molecule has 0 unspecified atom stereocenters. The number of carboxylic acid groups (broad SMARTS) is 1. The molecule has 1 aromatic heterocycles. The summed E-state index contributed by atoms with van der Waals surface area (Å²) in [6, 6.07) is 6.48. The Kier molecular flexibility index (Phi) is 2.98. The standard InChI is InChI=1S/C13H9NO5S/c15-11-6-20-13(18)14(11)5-7-1-2-9-8(3-7)4-10(19-9)12(16)17/h1-4H,5-6H2,(H,16,17). The van der Waals surface area contributed by atoms with Gasteiger partial charge in [0.15, 0.2) is 0 Å². The Labute approximate surface area is 117 Å². The minimum Gasteiger partial charge on any atom is -0.475 e. The number of carboxylic acids is 1. The number of imide groups is 1. The van der Waals surface area contributed by atoms with E-state index in [1.165, 1.54) is 11.0 Å². The molecule has 6 nitrogen and oxygen atoms in total. The second kappa shape index (κ2) is 4.68. The molecule has 2 aromatic rings. The lowest BCUT2D eigenvalue weighted by Gasteiger charge is -2.12.